The predicted molar refractivity (Wildman–Crippen MR) is 65.8 cm³/mol. The van der Waals surface area contributed by atoms with Crippen LogP contribution in [0.3, 0.4) is 0 Å². The predicted octanol–water partition coefficient (Wildman–Crippen LogP) is 2.36. The summed E-state index contributed by atoms with van der Waals surface area (Å²) in [5, 5.41) is 0. The lowest BCUT2D eigenvalue weighted by Gasteiger charge is -2.17. The molecule has 0 amide bonds. The molecule has 0 aromatic heterocycles. The lowest BCUT2D eigenvalue weighted by atomic mass is 10.0. The Bertz CT molecular complexity index is 254. The number of hydrogen-bond acceptors (Lipinski definition) is 2. The summed E-state index contributed by atoms with van der Waals surface area (Å²) in [5.74, 6) is 1.07. The molecule has 2 unspecified atom stereocenters. The van der Waals surface area contributed by atoms with Gasteiger partial charge in [-0.05, 0) is 25.7 Å². The van der Waals surface area contributed by atoms with E-state index in [1.54, 1.807) is 0 Å². The first kappa shape index (κ1) is 15.2. The van der Waals surface area contributed by atoms with Crippen molar-refractivity contribution in [3.05, 3.63) is 0 Å². The van der Waals surface area contributed by atoms with Crippen LogP contribution < -0.4 is 4.72 Å². The highest BCUT2D eigenvalue weighted by Crippen LogP contribution is 2.10. The lowest BCUT2D eigenvalue weighted by Crippen LogP contribution is -2.35. The summed E-state index contributed by atoms with van der Waals surface area (Å²) < 4.78 is 25.7. The van der Waals surface area contributed by atoms with E-state index in [-0.39, 0.29) is 11.8 Å². The Labute approximate surface area is 98.6 Å². The van der Waals surface area contributed by atoms with Crippen LogP contribution in [0.1, 0.15) is 40.0 Å². The molecule has 0 rings (SSSR count). The maximum Gasteiger partial charge on any atom is 0.211 e. The van der Waals surface area contributed by atoms with Gasteiger partial charge >= 0.3 is 0 Å². The van der Waals surface area contributed by atoms with Gasteiger partial charge in [0, 0.05) is 11.9 Å². The number of rotatable bonds is 8. The van der Waals surface area contributed by atoms with Crippen molar-refractivity contribution in [3.63, 3.8) is 0 Å². The first-order chi connectivity index (χ1) is 6.91. The van der Waals surface area contributed by atoms with Crippen molar-refractivity contribution in [2.75, 3.05) is 11.6 Å². The summed E-state index contributed by atoms with van der Waals surface area (Å²) >= 11 is 5.46. The summed E-state index contributed by atoms with van der Waals surface area (Å²) in [5.41, 5.74) is 0. The Morgan fingerprint density at radius 1 is 1.33 bits per heavy atom. The normalized spacial score (nSPS) is 16.3. The fourth-order valence-electron chi connectivity index (χ4n) is 1.43. The maximum atomic E-state index is 11.5. The molecular formula is C10H22ClNO2S. The van der Waals surface area contributed by atoms with Crippen LogP contribution in [0, 0.1) is 5.92 Å². The zero-order valence-electron chi connectivity index (χ0n) is 9.79. The summed E-state index contributed by atoms with van der Waals surface area (Å²) in [4.78, 5) is 0. The molecule has 0 aliphatic rings. The second-order valence-electron chi connectivity index (χ2n) is 4.13. The average molecular weight is 256 g/mol. The van der Waals surface area contributed by atoms with E-state index in [1.807, 2.05) is 6.92 Å². The molecule has 1 N–H and O–H groups in total. The third-order valence-electron chi connectivity index (χ3n) is 2.38. The molecule has 0 bridgehead atoms. The second kappa shape index (κ2) is 7.47. The molecule has 3 nitrogen and oxygen atoms in total. The molecule has 0 aliphatic carbocycles. The third-order valence-corrected chi connectivity index (χ3v) is 4.24. The number of hydrogen-bond donors (Lipinski definition) is 1. The van der Waals surface area contributed by atoms with Crippen LogP contribution in [0.2, 0.25) is 0 Å². The minimum Gasteiger partial charge on any atom is -0.212 e. The van der Waals surface area contributed by atoms with Gasteiger partial charge in [-0.2, -0.15) is 0 Å². The standard InChI is InChI=1S/C10H22ClNO2S/c1-4-9(2)8-10(3)12-15(13,14)7-5-6-11/h9-10,12H,4-8H2,1-3H3. The Balaban J connectivity index is 3.98. The first-order valence-corrected chi connectivity index (χ1v) is 7.66. The van der Waals surface area contributed by atoms with Gasteiger partial charge in [0.25, 0.3) is 0 Å². The quantitative estimate of drug-likeness (QED) is 0.677. The van der Waals surface area contributed by atoms with Crippen LogP contribution in [-0.2, 0) is 10.0 Å². The molecule has 0 fully saturated rings. The van der Waals surface area contributed by atoms with Gasteiger partial charge < -0.3 is 0 Å². The maximum absolute atomic E-state index is 11.5. The van der Waals surface area contributed by atoms with Gasteiger partial charge in [-0.25, -0.2) is 13.1 Å². The molecule has 5 heteroatoms. The van der Waals surface area contributed by atoms with Gasteiger partial charge in [0.15, 0.2) is 0 Å². The number of sulfonamides is 1. The van der Waals surface area contributed by atoms with Crippen LogP contribution in [0.25, 0.3) is 0 Å². The largest absolute Gasteiger partial charge is 0.212 e. The second-order valence-corrected chi connectivity index (χ2v) is 6.38. The molecule has 0 aromatic carbocycles. The van der Waals surface area contributed by atoms with Crippen molar-refractivity contribution in [1.82, 2.24) is 4.72 Å². The molecular weight excluding hydrogens is 234 g/mol. The zero-order chi connectivity index (χ0) is 11.9. The Hall–Kier alpha value is 0.200. The number of halogens is 1. The molecule has 0 aromatic rings. The minimum absolute atomic E-state index is 0.0141. The van der Waals surface area contributed by atoms with Crippen LogP contribution in [-0.4, -0.2) is 26.1 Å². The van der Waals surface area contributed by atoms with E-state index < -0.39 is 10.0 Å². The van der Waals surface area contributed by atoms with E-state index in [0.717, 1.165) is 12.8 Å². The monoisotopic (exact) mass is 255 g/mol. The van der Waals surface area contributed by atoms with Gasteiger partial charge in [0.2, 0.25) is 10.0 Å². The highest BCUT2D eigenvalue weighted by Gasteiger charge is 2.15. The van der Waals surface area contributed by atoms with Crippen molar-refractivity contribution >= 4 is 21.6 Å². The highest BCUT2D eigenvalue weighted by molar-refractivity contribution is 7.89. The Morgan fingerprint density at radius 2 is 1.93 bits per heavy atom. The van der Waals surface area contributed by atoms with Gasteiger partial charge in [0.05, 0.1) is 5.75 Å². The fourth-order valence-corrected chi connectivity index (χ4v) is 3.07. The summed E-state index contributed by atoms with van der Waals surface area (Å²) in [6, 6.07) is 0.0141. The molecule has 0 radical (unpaired) electrons. The van der Waals surface area contributed by atoms with E-state index in [9.17, 15) is 8.42 Å². The van der Waals surface area contributed by atoms with Crippen LogP contribution in [0.4, 0.5) is 0 Å². The van der Waals surface area contributed by atoms with Crippen molar-refractivity contribution in [3.8, 4) is 0 Å². The third kappa shape index (κ3) is 8.05. The van der Waals surface area contributed by atoms with Gasteiger partial charge in [0.1, 0.15) is 0 Å². The van der Waals surface area contributed by atoms with E-state index in [4.69, 9.17) is 11.6 Å². The topological polar surface area (TPSA) is 46.2 Å². The highest BCUT2D eigenvalue weighted by atomic mass is 35.5. The molecule has 2 atom stereocenters. The Morgan fingerprint density at radius 3 is 2.40 bits per heavy atom. The van der Waals surface area contributed by atoms with Crippen LogP contribution >= 0.6 is 11.6 Å². The van der Waals surface area contributed by atoms with Crippen molar-refractivity contribution < 1.29 is 8.42 Å². The van der Waals surface area contributed by atoms with Gasteiger partial charge in [-0.1, -0.05) is 20.3 Å². The molecule has 0 saturated carbocycles. The Kier molecular flexibility index (Phi) is 7.57. The van der Waals surface area contributed by atoms with Crippen molar-refractivity contribution in [1.29, 1.82) is 0 Å². The van der Waals surface area contributed by atoms with Crippen molar-refractivity contribution in [2.24, 2.45) is 5.92 Å². The molecule has 0 heterocycles. The summed E-state index contributed by atoms with van der Waals surface area (Å²) in [6.07, 6.45) is 2.47. The zero-order valence-corrected chi connectivity index (χ0v) is 11.4. The van der Waals surface area contributed by atoms with E-state index in [0.29, 0.717) is 18.2 Å². The first-order valence-electron chi connectivity index (χ1n) is 5.47. The molecule has 15 heavy (non-hydrogen) atoms. The molecule has 0 saturated heterocycles. The van der Waals surface area contributed by atoms with Crippen LogP contribution in [0.5, 0.6) is 0 Å². The van der Waals surface area contributed by atoms with Crippen molar-refractivity contribution in [2.45, 2.75) is 46.1 Å². The molecule has 0 spiro atoms. The summed E-state index contributed by atoms with van der Waals surface area (Å²) in [6.45, 7) is 6.15. The molecule has 0 aliphatic heterocycles. The van der Waals surface area contributed by atoms with Gasteiger partial charge in [-0.3, -0.25) is 0 Å². The van der Waals surface area contributed by atoms with Crippen LogP contribution in [0.15, 0.2) is 0 Å². The summed E-state index contributed by atoms with van der Waals surface area (Å²) in [7, 11) is -3.13. The van der Waals surface area contributed by atoms with E-state index in [2.05, 4.69) is 18.6 Å². The smallest absolute Gasteiger partial charge is 0.211 e. The molecule has 92 valence electrons. The SMILES string of the molecule is CCC(C)CC(C)NS(=O)(=O)CCCCl. The number of nitrogens with one attached hydrogen (secondary N) is 1. The lowest BCUT2D eigenvalue weighted by molar-refractivity contribution is 0.445. The van der Waals surface area contributed by atoms with E-state index in [1.165, 1.54) is 0 Å². The fraction of sp³-hybridized carbons (Fsp3) is 1.00. The number of alkyl halides is 1. The van der Waals surface area contributed by atoms with E-state index >= 15 is 0 Å². The van der Waals surface area contributed by atoms with Gasteiger partial charge in [-0.15, -0.1) is 11.6 Å². The average Bonchev–Trinajstić information content (AvgIpc) is 2.13. The minimum atomic E-state index is -3.13.